The zero-order valence-corrected chi connectivity index (χ0v) is 16.3. The number of halogens is 2. The van der Waals surface area contributed by atoms with Crippen molar-refractivity contribution in [2.75, 3.05) is 26.2 Å². The van der Waals surface area contributed by atoms with Crippen molar-refractivity contribution < 1.29 is 9.13 Å². The van der Waals surface area contributed by atoms with Crippen molar-refractivity contribution >= 4 is 29.9 Å². The van der Waals surface area contributed by atoms with E-state index in [9.17, 15) is 4.39 Å². The zero-order chi connectivity index (χ0) is 15.8. The predicted octanol–water partition coefficient (Wildman–Crippen LogP) is 3.41. The third kappa shape index (κ3) is 6.63. The van der Waals surface area contributed by atoms with Crippen molar-refractivity contribution in [1.29, 1.82) is 0 Å². The molecule has 1 N–H and O–H groups in total. The standard InChI is InChI=1S/C17H26FN3O.HI/c1-3-19-17(20-13-14-6-5-7-15(18)12-14)21-10-8-16(9-11-21)22-4-2;/h5-7,12,16H,3-4,8-11,13H2,1-2H3,(H,19,20);1H. The van der Waals surface area contributed by atoms with Gasteiger partial charge in [-0.05, 0) is 44.4 Å². The van der Waals surface area contributed by atoms with Crippen LogP contribution in [0.4, 0.5) is 4.39 Å². The number of aliphatic imine (C=N–C) groups is 1. The quantitative estimate of drug-likeness (QED) is 0.438. The van der Waals surface area contributed by atoms with Gasteiger partial charge in [0.15, 0.2) is 5.96 Å². The molecule has 0 bridgehead atoms. The number of nitrogens with zero attached hydrogens (tertiary/aromatic N) is 2. The van der Waals surface area contributed by atoms with Gasteiger partial charge in [-0.2, -0.15) is 0 Å². The van der Waals surface area contributed by atoms with E-state index < -0.39 is 0 Å². The largest absolute Gasteiger partial charge is 0.378 e. The van der Waals surface area contributed by atoms with Crippen molar-refractivity contribution in [3.8, 4) is 0 Å². The summed E-state index contributed by atoms with van der Waals surface area (Å²) >= 11 is 0. The number of rotatable bonds is 5. The van der Waals surface area contributed by atoms with Crippen LogP contribution in [0.5, 0.6) is 0 Å². The summed E-state index contributed by atoms with van der Waals surface area (Å²) in [7, 11) is 0. The van der Waals surface area contributed by atoms with Crippen LogP contribution in [-0.4, -0.2) is 43.2 Å². The van der Waals surface area contributed by atoms with Gasteiger partial charge in [0.2, 0.25) is 0 Å². The van der Waals surface area contributed by atoms with Crippen molar-refractivity contribution in [3.05, 3.63) is 35.6 Å². The number of hydrogen-bond acceptors (Lipinski definition) is 2. The summed E-state index contributed by atoms with van der Waals surface area (Å²) in [6, 6.07) is 6.61. The van der Waals surface area contributed by atoms with Gasteiger partial charge in [0, 0.05) is 26.2 Å². The van der Waals surface area contributed by atoms with Gasteiger partial charge in [0.05, 0.1) is 12.6 Å². The Bertz CT molecular complexity index is 490. The fourth-order valence-electron chi connectivity index (χ4n) is 2.70. The van der Waals surface area contributed by atoms with E-state index >= 15 is 0 Å². The smallest absolute Gasteiger partial charge is 0.194 e. The number of guanidine groups is 1. The number of likely N-dealkylation sites (tertiary alicyclic amines) is 1. The summed E-state index contributed by atoms with van der Waals surface area (Å²) in [5, 5.41) is 3.33. The van der Waals surface area contributed by atoms with Gasteiger partial charge in [-0.25, -0.2) is 9.38 Å². The number of piperidine rings is 1. The van der Waals surface area contributed by atoms with Crippen LogP contribution in [0.3, 0.4) is 0 Å². The van der Waals surface area contributed by atoms with Gasteiger partial charge in [-0.3, -0.25) is 0 Å². The summed E-state index contributed by atoms with van der Waals surface area (Å²) in [6.45, 7) is 8.08. The molecule has 0 atom stereocenters. The van der Waals surface area contributed by atoms with E-state index in [0.717, 1.165) is 50.6 Å². The molecule has 0 radical (unpaired) electrons. The Morgan fingerprint density at radius 2 is 2.09 bits per heavy atom. The molecule has 0 aliphatic carbocycles. The average molecular weight is 435 g/mol. The fraction of sp³-hybridized carbons (Fsp3) is 0.588. The summed E-state index contributed by atoms with van der Waals surface area (Å²) in [4.78, 5) is 6.91. The van der Waals surface area contributed by atoms with Crippen LogP contribution in [0.2, 0.25) is 0 Å². The molecule has 130 valence electrons. The first-order valence-electron chi connectivity index (χ1n) is 8.12. The van der Waals surface area contributed by atoms with Crippen LogP contribution in [0.1, 0.15) is 32.3 Å². The molecule has 1 aromatic rings. The third-order valence-electron chi connectivity index (χ3n) is 3.78. The normalized spacial score (nSPS) is 16.1. The van der Waals surface area contributed by atoms with Gasteiger partial charge in [-0.15, -0.1) is 24.0 Å². The number of benzene rings is 1. The molecule has 0 saturated carbocycles. The van der Waals surface area contributed by atoms with Gasteiger partial charge >= 0.3 is 0 Å². The molecule has 2 rings (SSSR count). The third-order valence-corrected chi connectivity index (χ3v) is 3.78. The van der Waals surface area contributed by atoms with Crippen LogP contribution < -0.4 is 5.32 Å². The van der Waals surface area contributed by atoms with Crippen LogP contribution in [-0.2, 0) is 11.3 Å². The number of nitrogens with one attached hydrogen (secondary N) is 1. The molecule has 1 fully saturated rings. The Labute approximate surface area is 155 Å². The highest BCUT2D eigenvalue weighted by molar-refractivity contribution is 14.0. The molecule has 1 heterocycles. The van der Waals surface area contributed by atoms with Crippen LogP contribution in [0.25, 0.3) is 0 Å². The summed E-state index contributed by atoms with van der Waals surface area (Å²) in [5.41, 5.74) is 0.889. The van der Waals surface area contributed by atoms with E-state index in [1.54, 1.807) is 6.07 Å². The molecule has 23 heavy (non-hydrogen) atoms. The molecular weight excluding hydrogens is 408 g/mol. The maximum Gasteiger partial charge on any atom is 0.194 e. The van der Waals surface area contributed by atoms with Crippen molar-refractivity contribution in [2.45, 2.75) is 39.3 Å². The molecule has 0 unspecified atom stereocenters. The second-order valence-corrected chi connectivity index (χ2v) is 5.44. The Balaban J connectivity index is 0.00000264. The first kappa shape index (κ1) is 20.2. The molecule has 1 aliphatic heterocycles. The molecule has 0 amide bonds. The SMILES string of the molecule is CCNC(=NCc1cccc(F)c1)N1CCC(OCC)CC1.I. The first-order chi connectivity index (χ1) is 10.7. The molecule has 0 aromatic heterocycles. The molecule has 0 spiro atoms. The van der Waals surface area contributed by atoms with Crippen molar-refractivity contribution in [1.82, 2.24) is 10.2 Å². The molecule has 6 heteroatoms. The van der Waals surface area contributed by atoms with Crippen LogP contribution in [0.15, 0.2) is 29.3 Å². The lowest BCUT2D eigenvalue weighted by molar-refractivity contribution is 0.0263. The minimum Gasteiger partial charge on any atom is -0.378 e. The predicted molar refractivity (Wildman–Crippen MR) is 103 cm³/mol. The van der Waals surface area contributed by atoms with E-state index in [0.29, 0.717) is 12.6 Å². The van der Waals surface area contributed by atoms with Crippen LogP contribution in [0, 0.1) is 5.82 Å². The Morgan fingerprint density at radius 1 is 1.35 bits per heavy atom. The van der Waals surface area contributed by atoms with Gasteiger partial charge < -0.3 is 15.0 Å². The molecule has 4 nitrogen and oxygen atoms in total. The maximum atomic E-state index is 13.2. The Hall–Kier alpha value is -0.890. The van der Waals surface area contributed by atoms with Crippen molar-refractivity contribution in [2.24, 2.45) is 4.99 Å². The fourth-order valence-corrected chi connectivity index (χ4v) is 2.70. The monoisotopic (exact) mass is 435 g/mol. The highest BCUT2D eigenvalue weighted by atomic mass is 127. The Morgan fingerprint density at radius 3 is 2.70 bits per heavy atom. The second-order valence-electron chi connectivity index (χ2n) is 5.44. The second kappa shape index (κ2) is 10.8. The maximum absolute atomic E-state index is 13.2. The molecule has 1 saturated heterocycles. The molecular formula is C17H27FIN3O. The minimum atomic E-state index is -0.213. The zero-order valence-electron chi connectivity index (χ0n) is 13.9. The summed E-state index contributed by atoms with van der Waals surface area (Å²) in [6.07, 6.45) is 2.42. The van der Waals surface area contributed by atoms with E-state index in [2.05, 4.69) is 22.1 Å². The topological polar surface area (TPSA) is 36.9 Å². The van der Waals surface area contributed by atoms with E-state index in [-0.39, 0.29) is 29.8 Å². The number of ether oxygens (including phenoxy) is 1. The highest BCUT2D eigenvalue weighted by Crippen LogP contribution is 2.14. The van der Waals surface area contributed by atoms with E-state index in [1.807, 2.05) is 13.0 Å². The van der Waals surface area contributed by atoms with Gasteiger partial charge in [0.1, 0.15) is 5.82 Å². The number of hydrogen-bond donors (Lipinski definition) is 1. The average Bonchev–Trinajstić information content (AvgIpc) is 2.53. The van der Waals surface area contributed by atoms with Gasteiger partial charge in [-0.1, -0.05) is 12.1 Å². The summed E-state index contributed by atoms with van der Waals surface area (Å²) in [5.74, 6) is 0.692. The van der Waals surface area contributed by atoms with Gasteiger partial charge in [0.25, 0.3) is 0 Å². The lowest BCUT2D eigenvalue weighted by Gasteiger charge is -2.34. The minimum absolute atomic E-state index is 0. The summed E-state index contributed by atoms with van der Waals surface area (Å²) < 4.78 is 18.9. The molecule has 1 aromatic carbocycles. The highest BCUT2D eigenvalue weighted by Gasteiger charge is 2.21. The van der Waals surface area contributed by atoms with Crippen molar-refractivity contribution in [3.63, 3.8) is 0 Å². The molecule has 1 aliphatic rings. The van der Waals surface area contributed by atoms with Crippen LogP contribution >= 0.6 is 24.0 Å². The lowest BCUT2D eigenvalue weighted by atomic mass is 10.1. The first-order valence-corrected chi connectivity index (χ1v) is 8.12. The lowest BCUT2D eigenvalue weighted by Crippen LogP contribution is -2.47. The van der Waals surface area contributed by atoms with E-state index in [4.69, 9.17) is 4.74 Å². The van der Waals surface area contributed by atoms with E-state index in [1.165, 1.54) is 12.1 Å². The Kier molecular flexibility index (Phi) is 9.47.